The summed E-state index contributed by atoms with van der Waals surface area (Å²) in [5.41, 5.74) is 1.20. The first-order valence-corrected chi connectivity index (χ1v) is 9.42. The number of hydrogen-bond donors (Lipinski definition) is 0. The molecule has 0 saturated heterocycles. The van der Waals surface area contributed by atoms with Crippen LogP contribution in [0.3, 0.4) is 0 Å². The Morgan fingerprint density at radius 3 is 1.88 bits per heavy atom. The van der Waals surface area contributed by atoms with Crippen molar-refractivity contribution in [2.24, 2.45) is 0 Å². The predicted molar refractivity (Wildman–Crippen MR) is 74.0 cm³/mol. The fourth-order valence-corrected chi connectivity index (χ4v) is 2.57. The topological polar surface area (TPSA) is 9.23 Å². The second kappa shape index (κ2) is 4.72. The molecule has 90 valence electrons. The molecule has 1 nitrogen and oxygen atoms in total. The van der Waals surface area contributed by atoms with Crippen molar-refractivity contribution in [3.05, 3.63) is 29.8 Å². The van der Waals surface area contributed by atoms with Crippen LogP contribution >= 0.6 is 0 Å². The molecule has 2 heteroatoms. The summed E-state index contributed by atoms with van der Waals surface area (Å²) in [6.07, 6.45) is 0. The monoisotopic (exact) mass is 236 g/mol. The van der Waals surface area contributed by atoms with Gasteiger partial charge in [0, 0.05) is 0 Å². The van der Waals surface area contributed by atoms with Crippen LogP contribution < -0.4 is 5.19 Å². The Bertz CT molecular complexity index is 327. The molecule has 0 aliphatic rings. The molecule has 0 radical (unpaired) electrons. The summed E-state index contributed by atoms with van der Waals surface area (Å²) < 4.78 is 5.75. The Hall–Kier alpha value is -0.603. The van der Waals surface area contributed by atoms with E-state index in [9.17, 15) is 0 Å². The van der Waals surface area contributed by atoms with Gasteiger partial charge in [0.2, 0.25) is 0 Å². The van der Waals surface area contributed by atoms with Crippen LogP contribution in [0.1, 0.15) is 26.3 Å². The molecule has 0 aromatic heterocycles. The average Bonchev–Trinajstić information content (AvgIpc) is 2.13. The third kappa shape index (κ3) is 4.50. The van der Waals surface area contributed by atoms with Crippen LogP contribution in [-0.2, 0) is 11.3 Å². The van der Waals surface area contributed by atoms with Crippen LogP contribution in [0.5, 0.6) is 0 Å². The van der Waals surface area contributed by atoms with Crippen LogP contribution in [0, 0.1) is 0 Å². The van der Waals surface area contributed by atoms with Gasteiger partial charge in [0.25, 0.3) is 0 Å². The summed E-state index contributed by atoms with van der Waals surface area (Å²) >= 11 is 0. The van der Waals surface area contributed by atoms with E-state index in [1.165, 1.54) is 10.8 Å². The van der Waals surface area contributed by atoms with Gasteiger partial charge in [-0.3, -0.25) is 0 Å². The van der Waals surface area contributed by atoms with E-state index in [1.807, 2.05) is 0 Å². The van der Waals surface area contributed by atoms with Gasteiger partial charge in [-0.25, -0.2) is 0 Å². The van der Waals surface area contributed by atoms with Crippen molar-refractivity contribution in [3.8, 4) is 0 Å². The van der Waals surface area contributed by atoms with E-state index in [0.717, 1.165) is 0 Å². The van der Waals surface area contributed by atoms with Gasteiger partial charge in [0.15, 0.2) is 0 Å². The minimum atomic E-state index is -1.16. The SMILES string of the molecule is CC(C)(C)OCc1ccc([Si](C)(C)C)cc1. The van der Waals surface area contributed by atoms with Crippen molar-refractivity contribution in [1.82, 2.24) is 0 Å². The lowest BCUT2D eigenvalue weighted by Gasteiger charge is -2.20. The van der Waals surface area contributed by atoms with Crippen LogP contribution in [0.2, 0.25) is 19.6 Å². The van der Waals surface area contributed by atoms with Crippen molar-refractivity contribution in [1.29, 1.82) is 0 Å². The van der Waals surface area contributed by atoms with E-state index in [4.69, 9.17) is 4.74 Å². The fourth-order valence-electron chi connectivity index (χ4n) is 1.40. The van der Waals surface area contributed by atoms with Gasteiger partial charge >= 0.3 is 0 Å². The van der Waals surface area contributed by atoms with E-state index < -0.39 is 8.07 Å². The molecule has 16 heavy (non-hydrogen) atoms. The van der Waals surface area contributed by atoms with Gasteiger partial charge in [-0.2, -0.15) is 0 Å². The Morgan fingerprint density at radius 2 is 1.50 bits per heavy atom. The van der Waals surface area contributed by atoms with Gasteiger partial charge in [0.05, 0.1) is 20.3 Å². The zero-order valence-corrected chi connectivity index (χ0v) is 12.4. The van der Waals surface area contributed by atoms with Crippen LogP contribution in [-0.4, -0.2) is 13.7 Å². The summed E-state index contributed by atoms with van der Waals surface area (Å²) in [5.74, 6) is 0. The molecular formula is C14H24OSi. The Kier molecular flexibility index (Phi) is 3.97. The summed E-state index contributed by atoms with van der Waals surface area (Å²) in [6.45, 7) is 14.1. The van der Waals surface area contributed by atoms with Gasteiger partial charge in [0.1, 0.15) is 0 Å². The minimum absolute atomic E-state index is 0.0581. The minimum Gasteiger partial charge on any atom is -0.371 e. The molecule has 0 saturated carbocycles. The summed E-state index contributed by atoms with van der Waals surface area (Å²) in [5, 5.41) is 1.51. The molecule has 0 fully saturated rings. The largest absolute Gasteiger partial charge is 0.371 e. The first-order valence-electron chi connectivity index (χ1n) is 5.92. The van der Waals surface area contributed by atoms with E-state index in [0.29, 0.717) is 6.61 Å². The zero-order valence-electron chi connectivity index (χ0n) is 11.4. The lowest BCUT2D eigenvalue weighted by atomic mass is 10.2. The summed E-state index contributed by atoms with van der Waals surface area (Å²) in [6, 6.07) is 8.90. The molecule has 1 aromatic carbocycles. The highest BCUT2D eigenvalue weighted by Crippen LogP contribution is 2.12. The fraction of sp³-hybridized carbons (Fsp3) is 0.571. The molecule has 0 unspecified atom stereocenters. The molecule has 0 N–H and O–H groups in total. The maximum absolute atomic E-state index is 5.75. The third-order valence-electron chi connectivity index (χ3n) is 2.49. The van der Waals surface area contributed by atoms with E-state index >= 15 is 0 Å². The summed E-state index contributed by atoms with van der Waals surface area (Å²) in [7, 11) is -1.16. The lowest BCUT2D eigenvalue weighted by Crippen LogP contribution is -2.37. The molecule has 0 spiro atoms. The second-order valence-corrected chi connectivity index (χ2v) is 11.4. The standard InChI is InChI=1S/C14H24OSi/c1-14(2,3)15-11-12-7-9-13(10-8-12)16(4,5)6/h7-10H,11H2,1-6H3. The smallest absolute Gasteiger partial charge is 0.0775 e. The number of benzene rings is 1. The van der Waals surface area contributed by atoms with Crippen molar-refractivity contribution in [3.63, 3.8) is 0 Å². The van der Waals surface area contributed by atoms with Gasteiger partial charge in [-0.15, -0.1) is 0 Å². The van der Waals surface area contributed by atoms with Crippen molar-refractivity contribution in [2.45, 2.75) is 52.6 Å². The van der Waals surface area contributed by atoms with Crippen LogP contribution in [0.15, 0.2) is 24.3 Å². The number of hydrogen-bond acceptors (Lipinski definition) is 1. The van der Waals surface area contributed by atoms with Crippen molar-refractivity contribution < 1.29 is 4.74 Å². The van der Waals surface area contributed by atoms with E-state index in [2.05, 4.69) is 64.7 Å². The molecular weight excluding hydrogens is 212 g/mol. The lowest BCUT2D eigenvalue weighted by molar-refractivity contribution is -0.0149. The van der Waals surface area contributed by atoms with Gasteiger partial charge < -0.3 is 4.74 Å². The van der Waals surface area contributed by atoms with Crippen LogP contribution in [0.25, 0.3) is 0 Å². The van der Waals surface area contributed by atoms with Gasteiger partial charge in [-0.05, 0) is 26.3 Å². The van der Waals surface area contributed by atoms with Crippen LogP contribution in [0.4, 0.5) is 0 Å². The van der Waals surface area contributed by atoms with Crippen molar-refractivity contribution in [2.75, 3.05) is 0 Å². The average molecular weight is 236 g/mol. The highest BCUT2D eigenvalue weighted by molar-refractivity contribution is 6.88. The second-order valence-electron chi connectivity index (χ2n) is 6.35. The molecule has 0 aliphatic heterocycles. The molecule has 0 atom stereocenters. The van der Waals surface area contributed by atoms with E-state index in [-0.39, 0.29) is 5.60 Å². The highest BCUT2D eigenvalue weighted by atomic mass is 28.3. The zero-order chi connectivity index (χ0) is 12.4. The first kappa shape index (κ1) is 13.5. The normalized spacial score (nSPS) is 12.9. The molecule has 0 heterocycles. The quantitative estimate of drug-likeness (QED) is 0.729. The predicted octanol–water partition coefficient (Wildman–Crippen LogP) is 3.55. The van der Waals surface area contributed by atoms with Crippen molar-refractivity contribution >= 4 is 13.3 Å². The maximum atomic E-state index is 5.75. The molecule has 0 amide bonds. The molecule has 0 bridgehead atoms. The third-order valence-corrected chi connectivity index (χ3v) is 4.56. The Balaban J connectivity index is 2.66. The number of rotatable bonds is 3. The summed E-state index contributed by atoms with van der Waals surface area (Å²) in [4.78, 5) is 0. The Labute approximate surface area is 101 Å². The molecule has 1 rings (SSSR count). The first-order chi connectivity index (χ1) is 7.18. The molecule has 0 aliphatic carbocycles. The highest BCUT2D eigenvalue weighted by Gasteiger charge is 2.16. The Morgan fingerprint density at radius 1 is 1.00 bits per heavy atom. The van der Waals surface area contributed by atoms with Gasteiger partial charge in [-0.1, -0.05) is 49.1 Å². The number of ether oxygens (including phenoxy) is 1. The molecule has 1 aromatic rings. The maximum Gasteiger partial charge on any atom is 0.0775 e. The van der Waals surface area contributed by atoms with E-state index in [1.54, 1.807) is 0 Å².